The van der Waals surface area contributed by atoms with Gasteiger partial charge in [0, 0.05) is 0 Å². The summed E-state index contributed by atoms with van der Waals surface area (Å²) < 4.78 is 34.9. The largest absolute Gasteiger partial charge is 0.429 e. The molecule has 3 aromatic rings. The van der Waals surface area contributed by atoms with Crippen LogP contribution >= 0.6 is 12.2 Å². The topological polar surface area (TPSA) is 59.9 Å². The second-order valence-corrected chi connectivity index (χ2v) is 9.18. The fraction of sp³-hybridized carbons (Fsp3) is 0.316. The minimum atomic E-state index is -3.43. The van der Waals surface area contributed by atoms with E-state index in [-0.39, 0.29) is 0 Å². The van der Waals surface area contributed by atoms with Crippen LogP contribution in [-0.4, -0.2) is 43.5 Å². The van der Waals surface area contributed by atoms with Gasteiger partial charge in [-0.15, -0.1) is 0 Å². The molecular weight excluding hydrogens is 382 g/mol. The van der Waals surface area contributed by atoms with Crippen LogP contribution in [0.2, 0.25) is 0 Å². The van der Waals surface area contributed by atoms with Crippen LogP contribution in [0.4, 0.5) is 0 Å². The van der Waals surface area contributed by atoms with Crippen molar-refractivity contribution < 1.29 is 17.7 Å². The van der Waals surface area contributed by atoms with Crippen molar-refractivity contribution in [2.75, 3.05) is 26.2 Å². The van der Waals surface area contributed by atoms with E-state index < -0.39 is 10.0 Å². The Kier molecular flexibility index (Phi) is 4.90. The van der Waals surface area contributed by atoms with Crippen LogP contribution in [0, 0.1) is 11.8 Å². The third-order valence-corrected chi connectivity index (χ3v) is 7.26. The van der Waals surface area contributed by atoms with Crippen LogP contribution in [0.25, 0.3) is 11.1 Å². The molecule has 0 saturated carbocycles. The molecule has 6 nitrogen and oxygen atoms in total. The van der Waals surface area contributed by atoms with Gasteiger partial charge in [-0.05, 0) is 43.4 Å². The van der Waals surface area contributed by atoms with E-state index in [4.69, 9.17) is 16.6 Å². The number of piperazine rings is 1. The van der Waals surface area contributed by atoms with Crippen molar-refractivity contribution in [3.8, 4) is 0 Å². The Morgan fingerprint density at radius 1 is 1.07 bits per heavy atom. The molecule has 142 valence electrons. The monoisotopic (exact) mass is 404 g/mol. The lowest BCUT2D eigenvalue weighted by atomic mass is 10.2. The molecule has 4 rings (SSSR count). The first-order valence-electron chi connectivity index (χ1n) is 8.94. The van der Waals surface area contributed by atoms with Gasteiger partial charge in [0.15, 0.2) is 12.3 Å². The number of aryl methyl sites for hydroxylation is 1. The Morgan fingerprint density at radius 3 is 2.44 bits per heavy atom. The molecule has 0 unspecified atom stereocenters. The molecule has 27 heavy (non-hydrogen) atoms. The molecular formula is C19H22N3O3S2+. The smallest absolute Gasteiger partial charge is 0.274 e. The van der Waals surface area contributed by atoms with Crippen LogP contribution in [0.1, 0.15) is 5.56 Å². The highest BCUT2D eigenvalue weighted by molar-refractivity contribution is 7.89. The van der Waals surface area contributed by atoms with E-state index in [1.54, 1.807) is 16.4 Å². The zero-order valence-corrected chi connectivity index (χ0v) is 16.7. The second-order valence-electron chi connectivity index (χ2n) is 6.89. The number of benzene rings is 2. The second kappa shape index (κ2) is 7.20. The molecule has 2 heterocycles. The first-order valence-corrected chi connectivity index (χ1v) is 10.8. The molecule has 1 aliphatic heterocycles. The average Bonchev–Trinajstić information content (AvgIpc) is 2.98. The van der Waals surface area contributed by atoms with Gasteiger partial charge in [-0.3, -0.25) is 4.57 Å². The van der Waals surface area contributed by atoms with Crippen molar-refractivity contribution in [3.63, 3.8) is 0 Å². The van der Waals surface area contributed by atoms with E-state index in [9.17, 15) is 8.42 Å². The van der Waals surface area contributed by atoms with Gasteiger partial charge in [0.2, 0.25) is 10.0 Å². The molecule has 1 saturated heterocycles. The number of para-hydroxylation sites is 2. The SMILES string of the molecule is Cc1ccc(S(=O)(=O)N2CC[NH+](Cn3c(=S)oc4ccccc43)CC2)cc1. The maximum Gasteiger partial charge on any atom is 0.274 e. The van der Waals surface area contributed by atoms with Gasteiger partial charge in [-0.1, -0.05) is 29.8 Å². The summed E-state index contributed by atoms with van der Waals surface area (Å²) in [5, 5.41) is 0. The number of nitrogens with one attached hydrogen (secondary N) is 1. The summed E-state index contributed by atoms with van der Waals surface area (Å²) >= 11 is 5.35. The molecule has 0 radical (unpaired) electrons. The van der Waals surface area contributed by atoms with Gasteiger partial charge in [0.05, 0.1) is 36.6 Å². The quantitative estimate of drug-likeness (QED) is 0.674. The van der Waals surface area contributed by atoms with Crippen molar-refractivity contribution in [1.29, 1.82) is 0 Å². The molecule has 1 aliphatic rings. The highest BCUT2D eigenvalue weighted by atomic mass is 32.2. The van der Waals surface area contributed by atoms with Crippen LogP contribution in [0.5, 0.6) is 0 Å². The normalized spacial score (nSPS) is 16.8. The summed E-state index contributed by atoms with van der Waals surface area (Å²) in [5.74, 6) is 0. The molecule has 1 aromatic heterocycles. The van der Waals surface area contributed by atoms with Crippen molar-refractivity contribution in [2.24, 2.45) is 0 Å². The zero-order valence-electron chi connectivity index (χ0n) is 15.1. The Morgan fingerprint density at radius 2 is 1.74 bits per heavy atom. The van der Waals surface area contributed by atoms with Crippen molar-refractivity contribution in [1.82, 2.24) is 8.87 Å². The van der Waals surface area contributed by atoms with E-state index >= 15 is 0 Å². The lowest BCUT2D eigenvalue weighted by Gasteiger charge is -2.31. The van der Waals surface area contributed by atoms with Crippen LogP contribution in [0.3, 0.4) is 0 Å². The minimum absolute atomic E-state index is 0.361. The maximum absolute atomic E-state index is 12.8. The van der Waals surface area contributed by atoms with Gasteiger partial charge in [0.1, 0.15) is 0 Å². The Bertz CT molecular complexity index is 1110. The van der Waals surface area contributed by atoms with Gasteiger partial charge >= 0.3 is 0 Å². The number of hydrogen-bond acceptors (Lipinski definition) is 4. The number of oxazole rings is 1. The summed E-state index contributed by atoms with van der Waals surface area (Å²) in [4.78, 5) is 2.10. The third kappa shape index (κ3) is 3.58. The summed E-state index contributed by atoms with van der Waals surface area (Å²) in [6.45, 7) is 5.07. The summed E-state index contributed by atoms with van der Waals surface area (Å²) in [6.07, 6.45) is 0. The predicted molar refractivity (Wildman–Crippen MR) is 106 cm³/mol. The van der Waals surface area contributed by atoms with E-state index in [2.05, 4.69) is 0 Å². The van der Waals surface area contributed by atoms with Gasteiger partial charge in [-0.25, -0.2) is 8.42 Å². The minimum Gasteiger partial charge on any atom is -0.429 e. The number of nitrogens with zero attached hydrogens (tertiary/aromatic N) is 2. The fourth-order valence-electron chi connectivity index (χ4n) is 3.45. The van der Waals surface area contributed by atoms with Gasteiger partial charge in [0.25, 0.3) is 4.84 Å². The number of sulfonamides is 1. The van der Waals surface area contributed by atoms with Crippen molar-refractivity contribution >= 4 is 33.3 Å². The Balaban J connectivity index is 1.46. The van der Waals surface area contributed by atoms with Gasteiger partial charge < -0.3 is 9.32 Å². The number of fused-ring (bicyclic) bond motifs is 1. The highest BCUT2D eigenvalue weighted by Gasteiger charge is 2.30. The van der Waals surface area contributed by atoms with Crippen LogP contribution in [0.15, 0.2) is 57.8 Å². The van der Waals surface area contributed by atoms with Crippen LogP contribution in [-0.2, 0) is 16.7 Å². The fourth-order valence-corrected chi connectivity index (χ4v) is 5.14. The first kappa shape index (κ1) is 18.4. The van der Waals surface area contributed by atoms with E-state index in [0.717, 1.165) is 29.8 Å². The Labute approximate surface area is 163 Å². The first-order chi connectivity index (χ1) is 12.9. The number of aromatic nitrogens is 1. The number of rotatable bonds is 4. The van der Waals surface area contributed by atoms with E-state index in [1.165, 1.54) is 4.90 Å². The van der Waals surface area contributed by atoms with Crippen molar-refractivity contribution in [2.45, 2.75) is 18.5 Å². The lowest BCUT2D eigenvalue weighted by Crippen LogP contribution is -3.14. The van der Waals surface area contributed by atoms with Crippen LogP contribution < -0.4 is 4.90 Å². The zero-order chi connectivity index (χ0) is 19.0. The summed E-state index contributed by atoms with van der Waals surface area (Å²) in [7, 11) is -3.43. The number of quaternary nitrogens is 1. The standard InChI is InChI=1S/C19H21N3O3S2/c1-15-6-8-16(9-7-15)27(23,24)21-12-10-20(11-13-21)14-22-17-4-2-3-5-18(17)25-19(22)26/h2-9H,10-14H2,1H3/p+1. The highest BCUT2D eigenvalue weighted by Crippen LogP contribution is 2.17. The van der Waals surface area contributed by atoms with E-state index in [0.29, 0.717) is 29.5 Å². The van der Waals surface area contributed by atoms with E-state index in [1.807, 2.05) is 47.9 Å². The summed E-state index contributed by atoms with van der Waals surface area (Å²) in [5.41, 5.74) is 2.81. The lowest BCUT2D eigenvalue weighted by molar-refractivity contribution is -0.926. The molecule has 8 heteroatoms. The molecule has 1 fully saturated rings. The third-order valence-electron chi connectivity index (χ3n) is 5.04. The maximum atomic E-state index is 12.8. The molecule has 0 atom stereocenters. The molecule has 0 aliphatic carbocycles. The van der Waals surface area contributed by atoms with Gasteiger partial charge in [-0.2, -0.15) is 4.31 Å². The summed E-state index contributed by atoms with van der Waals surface area (Å²) in [6, 6.07) is 14.8. The average molecular weight is 405 g/mol. The number of hydrogen-bond donors (Lipinski definition) is 1. The predicted octanol–water partition coefficient (Wildman–Crippen LogP) is 1.82. The molecule has 0 bridgehead atoms. The van der Waals surface area contributed by atoms with Crippen molar-refractivity contribution in [3.05, 3.63) is 58.9 Å². The molecule has 0 spiro atoms. The molecule has 0 amide bonds. The Hall–Kier alpha value is -2.00. The molecule has 2 aromatic carbocycles. The molecule has 1 N–H and O–H groups in total.